The van der Waals surface area contributed by atoms with Gasteiger partial charge in [-0.15, -0.1) is 0 Å². The SMILES string of the molecule is CCC1(N)N=C(N)N(N)C1(CC)CC. The zero-order valence-corrected chi connectivity index (χ0v) is 9.25. The number of hydrazine groups is 1. The van der Waals surface area contributed by atoms with Crippen molar-refractivity contribution in [2.75, 3.05) is 0 Å². The number of rotatable bonds is 3. The average Bonchev–Trinajstić information content (AvgIpc) is 2.37. The van der Waals surface area contributed by atoms with E-state index in [0.29, 0.717) is 5.96 Å². The quantitative estimate of drug-likeness (QED) is 0.562. The molecule has 1 aliphatic rings. The van der Waals surface area contributed by atoms with Gasteiger partial charge in [0.1, 0.15) is 5.66 Å². The number of hydrogen-bond acceptors (Lipinski definition) is 5. The third-order valence-corrected chi connectivity index (χ3v) is 3.54. The molecule has 14 heavy (non-hydrogen) atoms. The van der Waals surface area contributed by atoms with Gasteiger partial charge >= 0.3 is 0 Å². The summed E-state index contributed by atoms with van der Waals surface area (Å²) in [6, 6.07) is 0. The number of aliphatic imine (C=N–C) groups is 1. The van der Waals surface area contributed by atoms with Crippen LogP contribution in [-0.2, 0) is 0 Å². The Morgan fingerprint density at radius 3 is 2.00 bits per heavy atom. The van der Waals surface area contributed by atoms with Gasteiger partial charge in [-0.1, -0.05) is 20.8 Å². The molecule has 1 rings (SSSR count). The monoisotopic (exact) mass is 199 g/mol. The van der Waals surface area contributed by atoms with Crippen LogP contribution < -0.4 is 17.3 Å². The van der Waals surface area contributed by atoms with Gasteiger partial charge in [0.2, 0.25) is 5.96 Å². The molecule has 0 fully saturated rings. The van der Waals surface area contributed by atoms with Gasteiger partial charge in [-0.2, -0.15) is 0 Å². The first-order valence-corrected chi connectivity index (χ1v) is 5.16. The summed E-state index contributed by atoms with van der Waals surface area (Å²) < 4.78 is 0. The Morgan fingerprint density at radius 1 is 1.21 bits per heavy atom. The van der Waals surface area contributed by atoms with Gasteiger partial charge in [-0.25, -0.2) is 10.8 Å². The lowest BCUT2D eigenvalue weighted by Gasteiger charge is -2.44. The van der Waals surface area contributed by atoms with E-state index in [2.05, 4.69) is 18.8 Å². The third-order valence-electron chi connectivity index (χ3n) is 3.54. The fraction of sp³-hybridized carbons (Fsp3) is 0.889. The van der Waals surface area contributed by atoms with Gasteiger partial charge in [-0.05, 0) is 19.3 Å². The summed E-state index contributed by atoms with van der Waals surface area (Å²) in [5.41, 5.74) is 11.0. The Balaban J connectivity index is 3.16. The van der Waals surface area contributed by atoms with Crippen molar-refractivity contribution < 1.29 is 0 Å². The largest absolute Gasteiger partial charge is 0.369 e. The molecule has 0 saturated carbocycles. The van der Waals surface area contributed by atoms with Crippen molar-refractivity contribution in [3.05, 3.63) is 0 Å². The van der Waals surface area contributed by atoms with Gasteiger partial charge < -0.3 is 11.5 Å². The zero-order valence-electron chi connectivity index (χ0n) is 9.25. The minimum absolute atomic E-state index is 0.328. The van der Waals surface area contributed by atoms with Crippen molar-refractivity contribution in [1.29, 1.82) is 0 Å². The first kappa shape index (κ1) is 11.3. The van der Waals surface area contributed by atoms with Crippen LogP contribution in [0.15, 0.2) is 4.99 Å². The van der Waals surface area contributed by atoms with E-state index in [1.54, 1.807) is 0 Å². The third kappa shape index (κ3) is 1.12. The molecule has 0 radical (unpaired) electrons. The second kappa shape index (κ2) is 3.40. The summed E-state index contributed by atoms with van der Waals surface area (Å²) in [6.45, 7) is 6.14. The van der Waals surface area contributed by atoms with E-state index in [1.165, 1.54) is 5.01 Å². The van der Waals surface area contributed by atoms with Crippen molar-refractivity contribution in [2.24, 2.45) is 22.3 Å². The zero-order chi connectivity index (χ0) is 11.0. The predicted molar refractivity (Wildman–Crippen MR) is 58.2 cm³/mol. The van der Waals surface area contributed by atoms with Crippen molar-refractivity contribution in [3.63, 3.8) is 0 Å². The van der Waals surface area contributed by atoms with E-state index in [1.807, 2.05) is 6.92 Å². The molecule has 0 aromatic heterocycles. The van der Waals surface area contributed by atoms with E-state index < -0.39 is 5.66 Å². The van der Waals surface area contributed by atoms with Gasteiger partial charge in [0, 0.05) is 0 Å². The molecule has 0 spiro atoms. The normalized spacial score (nSPS) is 30.6. The molecular formula is C9H21N5. The van der Waals surface area contributed by atoms with Crippen LogP contribution in [0.3, 0.4) is 0 Å². The number of nitrogens with two attached hydrogens (primary N) is 3. The minimum Gasteiger partial charge on any atom is -0.369 e. The molecule has 1 heterocycles. The minimum atomic E-state index is -0.644. The lowest BCUT2D eigenvalue weighted by Crippen LogP contribution is -2.65. The van der Waals surface area contributed by atoms with Crippen molar-refractivity contribution in [1.82, 2.24) is 5.01 Å². The Labute approximate surface area is 85.3 Å². The van der Waals surface area contributed by atoms with E-state index >= 15 is 0 Å². The molecule has 0 aromatic carbocycles. The van der Waals surface area contributed by atoms with Crippen molar-refractivity contribution >= 4 is 5.96 Å². The molecule has 5 nitrogen and oxygen atoms in total. The van der Waals surface area contributed by atoms with Crippen molar-refractivity contribution in [2.45, 2.75) is 51.2 Å². The summed E-state index contributed by atoms with van der Waals surface area (Å²) in [7, 11) is 0. The van der Waals surface area contributed by atoms with Gasteiger partial charge in [0.15, 0.2) is 0 Å². The highest BCUT2D eigenvalue weighted by Crippen LogP contribution is 2.39. The second-order valence-corrected chi connectivity index (χ2v) is 3.86. The molecule has 6 N–H and O–H groups in total. The fourth-order valence-electron chi connectivity index (χ4n) is 2.40. The molecular weight excluding hydrogens is 178 g/mol. The van der Waals surface area contributed by atoms with Crippen LogP contribution in [-0.4, -0.2) is 22.2 Å². The molecule has 82 valence electrons. The first-order chi connectivity index (χ1) is 6.47. The van der Waals surface area contributed by atoms with E-state index in [9.17, 15) is 0 Å². The van der Waals surface area contributed by atoms with E-state index in [4.69, 9.17) is 17.3 Å². The standard InChI is InChI=1S/C9H21N5/c1-4-8(5-2)9(11,6-3)13-7(10)14(8)12/h4-6,11-12H2,1-3H3,(H2,10,13). The van der Waals surface area contributed by atoms with Gasteiger partial charge in [-0.3, -0.25) is 5.01 Å². The van der Waals surface area contributed by atoms with E-state index in [-0.39, 0.29) is 5.54 Å². The smallest absolute Gasteiger partial charge is 0.208 e. The summed E-state index contributed by atoms with van der Waals surface area (Å²) in [4.78, 5) is 4.29. The molecule has 1 atom stereocenters. The van der Waals surface area contributed by atoms with Crippen LogP contribution in [0, 0.1) is 0 Å². The maximum Gasteiger partial charge on any atom is 0.208 e. The van der Waals surface area contributed by atoms with Crippen LogP contribution in [0.25, 0.3) is 0 Å². The van der Waals surface area contributed by atoms with Crippen LogP contribution >= 0.6 is 0 Å². The van der Waals surface area contributed by atoms with Gasteiger partial charge in [0.05, 0.1) is 5.54 Å². The Morgan fingerprint density at radius 2 is 1.71 bits per heavy atom. The fourth-order valence-corrected chi connectivity index (χ4v) is 2.40. The molecule has 0 bridgehead atoms. The maximum atomic E-state index is 6.25. The van der Waals surface area contributed by atoms with Crippen LogP contribution in [0.4, 0.5) is 0 Å². The lowest BCUT2D eigenvalue weighted by atomic mass is 9.79. The highest BCUT2D eigenvalue weighted by Gasteiger charge is 2.54. The molecule has 5 heteroatoms. The summed E-state index contributed by atoms with van der Waals surface area (Å²) in [5, 5.41) is 1.54. The molecule has 0 aliphatic carbocycles. The van der Waals surface area contributed by atoms with Crippen LogP contribution in [0.1, 0.15) is 40.0 Å². The van der Waals surface area contributed by atoms with Crippen molar-refractivity contribution in [3.8, 4) is 0 Å². The first-order valence-electron chi connectivity index (χ1n) is 5.16. The molecule has 0 aromatic rings. The average molecular weight is 199 g/mol. The predicted octanol–water partition coefficient (Wildman–Crippen LogP) is 0.114. The van der Waals surface area contributed by atoms with Crippen LogP contribution in [0.2, 0.25) is 0 Å². The molecule has 0 saturated heterocycles. The summed E-state index contributed by atoms with van der Waals surface area (Å²) >= 11 is 0. The Hall–Kier alpha value is -0.810. The highest BCUT2D eigenvalue weighted by atomic mass is 15.6. The molecule has 1 unspecified atom stereocenters. The molecule has 0 amide bonds. The van der Waals surface area contributed by atoms with E-state index in [0.717, 1.165) is 19.3 Å². The highest BCUT2D eigenvalue weighted by molar-refractivity contribution is 5.81. The summed E-state index contributed by atoms with van der Waals surface area (Å²) in [5.74, 6) is 6.27. The number of nitrogens with zero attached hydrogens (tertiary/aromatic N) is 2. The van der Waals surface area contributed by atoms with Gasteiger partial charge in [0.25, 0.3) is 0 Å². The Bertz CT molecular complexity index is 246. The topological polar surface area (TPSA) is 93.7 Å². The molecule has 1 aliphatic heterocycles. The second-order valence-electron chi connectivity index (χ2n) is 3.86. The number of guanidine groups is 1. The summed E-state index contributed by atoms with van der Waals surface area (Å²) in [6.07, 6.45) is 2.42. The maximum absolute atomic E-state index is 6.25. The lowest BCUT2D eigenvalue weighted by molar-refractivity contribution is 0.0862. The van der Waals surface area contributed by atoms with Crippen LogP contribution in [0.5, 0.6) is 0 Å². The Kier molecular flexibility index (Phi) is 2.74. The number of hydrogen-bond donors (Lipinski definition) is 3.